The SMILES string of the molecule is CCN1CC(C)CN(C)CC1CC#N. The van der Waals surface area contributed by atoms with Gasteiger partial charge in [-0.15, -0.1) is 0 Å². The van der Waals surface area contributed by atoms with E-state index in [0.29, 0.717) is 18.4 Å². The maximum absolute atomic E-state index is 8.78. The highest BCUT2D eigenvalue weighted by molar-refractivity contribution is 4.87. The van der Waals surface area contributed by atoms with E-state index in [1.165, 1.54) is 0 Å². The van der Waals surface area contributed by atoms with Gasteiger partial charge in [0.05, 0.1) is 12.5 Å². The van der Waals surface area contributed by atoms with Crippen molar-refractivity contribution in [1.82, 2.24) is 9.80 Å². The second-order valence-electron chi connectivity index (χ2n) is 4.43. The Morgan fingerprint density at radius 2 is 2.07 bits per heavy atom. The third-order valence-electron chi connectivity index (χ3n) is 2.94. The lowest BCUT2D eigenvalue weighted by atomic mass is 10.1. The first-order valence-corrected chi connectivity index (χ1v) is 5.46. The number of hydrogen-bond acceptors (Lipinski definition) is 3. The molecule has 1 rings (SSSR count). The minimum Gasteiger partial charge on any atom is -0.304 e. The van der Waals surface area contributed by atoms with E-state index < -0.39 is 0 Å². The van der Waals surface area contributed by atoms with E-state index in [4.69, 9.17) is 5.26 Å². The van der Waals surface area contributed by atoms with Crippen molar-refractivity contribution in [2.24, 2.45) is 5.92 Å². The summed E-state index contributed by atoms with van der Waals surface area (Å²) in [4.78, 5) is 4.79. The summed E-state index contributed by atoms with van der Waals surface area (Å²) in [5, 5.41) is 8.78. The first kappa shape index (κ1) is 11.5. The number of hydrogen-bond donors (Lipinski definition) is 0. The van der Waals surface area contributed by atoms with Crippen molar-refractivity contribution in [2.45, 2.75) is 26.3 Å². The standard InChI is InChI=1S/C11H21N3/c1-4-14-8-10(2)7-13(3)9-11(14)5-6-12/h10-11H,4-5,7-9H2,1-3H3. The van der Waals surface area contributed by atoms with Crippen LogP contribution in [-0.2, 0) is 0 Å². The molecule has 0 bridgehead atoms. The monoisotopic (exact) mass is 195 g/mol. The summed E-state index contributed by atoms with van der Waals surface area (Å²) < 4.78 is 0. The fourth-order valence-corrected chi connectivity index (χ4v) is 2.38. The third-order valence-corrected chi connectivity index (χ3v) is 2.94. The average Bonchev–Trinajstić information content (AvgIpc) is 2.25. The predicted octanol–water partition coefficient (Wildman–Crippen LogP) is 1.17. The quantitative estimate of drug-likeness (QED) is 0.662. The molecule has 14 heavy (non-hydrogen) atoms. The summed E-state index contributed by atoms with van der Waals surface area (Å²) in [5.74, 6) is 0.712. The van der Waals surface area contributed by atoms with Crippen LogP contribution >= 0.6 is 0 Å². The van der Waals surface area contributed by atoms with Gasteiger partial charge in [-0.05, 0) is 19.5 Å². The molecule has 1 aliphatic heterocycles. The van der Waals surface area contributed by atoms with Crippen molar-refractivity contribution in [3.05, 3.63) is 0 Å². The van der Waals surface area contributed by atoms with Crippen LogP contribution in [0.1, 0.15) is 20.3 Å². The first-order chi connectivity index (χ1) is 6.67. The Morgan fingerprint density at radius 1 is 1.36 bits per heavy atom. The Morgan fingerprint density at radius 3 is 2.64 bits per heavy atom. The molecule has 3 nitrogen and oxygen atoms in total. The molecular weight excluding hydrogens is 174 g/mol. The zero-order chi connectivity index (χ0) is 10.6. The van der Waals surface area contributed by atoms with Crippen molar-refractivity contribution in [2.75, 3.05) is 33.2 Å². The maximum Gasteiger partial charge on any atom is 0.0638 e. The lowest BCUT2D eigenvalue weighted by Crippen LogP contribution is -2.40. The van der Waals surface area contributed by atoms with Crippen LogP contribution in [-0.4, -0.2) is 49.1 Å². The summed E-state index contributed by atoms with van der Waals surface area (Å²) in [6, 6.07) is 2.73. The van der Waals surface area contributed by atoms with Gasteiger partial charge in [-0.2, -0.15) is 5.26 Å². The second-order valence-corrected chi connectivity index (χ2v) is 4.43. The van der Waals surface area contributed by atoms with Gasteiger partial charge >= 0.3 is 0 Å². The van der Waals surface area contributed by atoms with E-state index in [2.05, 4.69) is 36.8 Å². The average molecular weight is 195 g/mol. The zero-order valence-corrected chi connectivity index (χ0v) is 9.53. The molecule has 2 unspecified atom stereocenters. The molecule has 0 amide bonds. The van der Waals surface area contributed by atoms with Crippen LogP contribution in [0.25, 0.3) is 0 Å². The largest absolute Gasteiger partial charge is 0.304 e. The summed E-state index contributed by atoms with van der Waals surface area (Å²) in [7, 11) is 2.15. The van der Waals surface area contributed by atoms with E-state index in [-0.39, 0.29) is 0 Å². The Labute approximate surface area is 87.3 Å². The van der Waals surface area contributed by atoms with Crippen molar-refractivity contribution < 1.29 is 0 Å². The fraction of sp³-hybridized carbons (Fsp3) is 0.909. The molecule has 0 spiro atoms. The molecule has 1 saturated heterocycles. The van der Waals surface area contributed by atoms with Crippen LogP contribution in [0.5, 0.6) is 0 Å². The molecule has 1 heterocycles. The van der Waals surface area contributed by atoms with Gasteiger partial charge in [0.1, 0.15) is 0 Å². The van der Waals surface area contributed by atoms with E-state index >= 15 is 0 Å². The molecule has 2 atom stereocenters. The Kier molecular flexibility index (Phi) is 4.37. The lowest BCUT2D eigenvalue weighted by molar-refractivity contribution is 0.194. The van der Waals surface area contributed by atoms with Crippen molar-refractivity contribution in [3.8, 4) is 6.07 Å². The topological polar surface area (TPSA) is 30.3 Å². The van der Waals surface area contributed by atoms with Gasteiger partial charge in [0.15, 0.2) is 0 Å². The normalized spacial score (nSPS) is 31.0. The molecule has 1 aliphatic rings. The maximum atomic E-state index is 8.78. The van der Waals surface area contributed by atoms with Gasteiger partial charge in [-0.3, -0.25) is 4.90 Å². The Hall–Kier alpha value is -0.590. The number of nitrogens with zero attached hydrogens (tertiary/aromatic N) is 3. The first-order valence-electron chi connectivity index (χ1n) is 5.46. The molecule has 3 heteroatoms. The molecule has 0 N–H and O–H groups in total. The number of nitriles is 1. The van der Waals surface area contributed by atoms with Gasteiger partial charge in [-0.1, -0.05) is 13.8 Å². The van der Waals surface area contributed by atoms with Gasteiger partial charge < -0.3 is 4.90 Å². The molecule has 0 aromatic heterocycles. The van der Waals surface area contributed by atoms with Crippen LogP contribution in [0.3, 0.4) is 0 Å². The zero-order valence-electron chi connectivity index (χ0n) is 9.53. The fourth-order valence-electron chi connectivity index (χ4n) is 2.38. The minimum absolute atomic E-state index is 0.431. The van der Waals surface area contributed by atoms with Gasteiger partial charge in [0, 0.05) is 25.7 Å². The molecule has 0 aromatic rings. The van der Waals surface area contributed by atoms with Crippen molar-refractivity contribution >= 4 is 0 Å². The highest BCUT2D eigenvalue weighted by atomic mass is 15.2. The van der Waals surface area contributed by atoms with Crippen LogP contribution in [0.15, 0.2) is 0 Å². The number of likely N-dealkylation sites (N-methyl/N-ethyl adjacent to an activating group) is 2. The van der Waals surface area contributed by atoms with Crippen molar-refractivity contribution in [1.29, 1.82) is 5.26 Å². The Bertz CT molecular complexity index is 209. The smallest absolute Gasteiger partial charge is 0.0638 e. The van der Waals surface area contributed by atoms with Gasteiger partial charge in [0.25, 0.3) is 0 Å². The van der Waals surface area contributed by atoms with E-state index in [1.807, 2.05) is 0 Å². The highest BCUT2D eigenvalue weighted by Crippen LogP contribution is 2.14. The Balaban J connectivity index is 2.64. The summed E-state index contributed by atoms with van der Waals surface area (Å²) in [6.45, 7) is 8.85. The molecule has 0 radical (unpaired) electrons. The third kappa shape index (κ3) is 2.97. The van der Waals surface area contributed by atoms with E-state index in [1.54, 1.807) is 0 Å². The van der Waals surface area contributed by atoms with Crippen LogP contribution < -0.4 is 0 Å². The van der Waals surface area contributed by atoms with Crippen LogP contribution in [0.4, 0.5) is 0 Å². The molecule has 80 valence electrons. The van der Waals surface area contributed by atoms with Crippen LogP contribution in [0.2, 0.25) is 0 Å². The molecular formula is C11H21N3. The minimum atomic E-state index is 0.431. The summed E-state index contributed by atoms with van der Waals surface area (Å²) in [6.07, 6.45) is 0.658. The van der Waals surface area contributed by atoms with Crippen molar-refractivity contribution in [3.63, 3.8) is 0 Å². The molecule has 1 fully saturated rings. The molecule has 0 aromatic carbocycles. The van der Waals surface area contributed by atoms with Crippen LogP contribution in [0, 0.1) is 17.2 Å². The lowest BCUT2D eigenvalue weighted by Gasteiger charge is -2.28. The number of rotatable bonds is 2. The highest BCUT2D eigenvalue weighted by Gasteiger charge is 2.24. The van der Waals surface area contributed by atoms with Gasteiger partial charge in [-0.25, -0.2) is 0 Å². The van der Waals surface area contributed by atoms with E-state index in [0.717, 1.165) is 26.2 Å². The van der Waals surface area contributed by atoms with E-state index in [9.17, 15) is 0 Å². The summed E-state index contributed by atoms with van der Waals surface area (Å²) >= 11 is 0. The second kappa shape index (κ2) is 5.33. The predicted molar refractivity (Wildman–Crippen MR) is 57.9 cm³/mol. The molecule has 0 saturated carbocycles. The molecule has 0 aliphatic carbocycles. The summed E-state index contributed by atoms with van der Waals surface area (Å²) in [5.41, 5.74) is 0. The van der Waals surface area contributed by atoms with Gasteiger partial charge in [0.2, 0.25) is 0 Å².